The normalized spacial score (nSPS) is 15.0. The number of nitrogens with two attached hydrogens (primary N) is 1. The van der Waals surface area contributed by atoms with E-state index < -0.39 is 0 Å². The molecule has 0 atom stereocenters. The minimum Gasteiger partial charge on any atom is -0.326 e. The highest BCUT2D eigenvalue weighted by atomic mass is 79.9. The average molecular weight is 306 g/mol. The molecule has 1 heterocycles. The monoisotopic (exact) mass is 305 g/mol. The summed E-state index contributed by atoms with van der Waals surface area (Å²) in [7, 11) is 0. The number of hydrogen-bond donors (Lipinski definition) is 1. The van der Waals surface area contributed by atoms with Gasteiger partial charge in [0.15, 0.2) is 0 Å². The molecule has 1 aliphatic rings. The molecule has 2 N–H and O–H groups in total. The molecule has 0 radical (unpaired) electrons. The molecule has 0 amide bonds. The van der Waals surface area contributed by atoms with Crippen molar-refractivity contribution < 1.29 is 0 Å². The Kier molecular flexibility index (Phi) is 3.22. The smallest absolute Gasteiger partial charge is 0.0673 e. The van der Waals surface area contributed by atoms with Gasteiger partial charge in [-0.15, -0.1) is 0 Å². The molecule has 0 unspecified atom stereocenters. The molecule has 18 heavy (non-hydrogen) atoms. The van der Waals surface area contributed by atoms with Crippen molar-refractivity contribution in [2.24, 2.45) is 5.73 Å². The summed E-state index contributed by atoms with van der Waals surface area (Å²) in [4.78, 5) is 0. The summed E-state index contributed by atoms with van der Waals surface area (Å²) in [5, 5.41) is 4.50. The topological polar surface area (TPSA) is 43.8 Å². The lowest BCUT2D eigenvalue weighted by molar-refractivity contribution is 0.642. The maximum atomic E-state index is 5.79. The quantitative estimate of drug-likeness (QED) is 0.943. The van der Waals surface area contributed by atoms with Crippen molar-refractivity contribution in [1.82, 2.24) is 9.78 Å². The minimum atomic E-state index is 0.585. The first-order chi connectivity index (χ1) is 8.79. The van der Waals surface area contributed by atoms with E-state index in [0.717, 1.165) is 11.0 Å². The van der Waals surface area contributed by atoms with Gasteiger partial charge in [0.2, 0.25) is 0 Å². The average Bonchev–Trinajstić information content (AvgIpc) is 3.14. The van der Waals surface area contributed by atoms with Gasteiger partial charge in [-0.1, -0.05) is 34.1 Å². The van der Waals surface area contributed by atoms with Gasteiger partial charge >= 0.3 is 0 Å². The second-order valence-corrected chi connectivity index (χ2v) is 5.64. The molecule has 0 aliphatic heterocycles. The lowest BCUT2D eigenvalue weighted by Crippen LogP contribution is -2.08. The lowest BCUT2D eigenvalue weighted by atomic mass is 10.1. The predicted octanol–water partition coefficient (Wildman–Crippen LogP) is 3.03. The summed E-state index contributed by atoms with van der Waals surface area (Å²) in [6.07, 6.45) is 4.47. The summed E-state index contributed by atoms with van der Waals surface area (Å²) < 4.78 is 3.25. The van der Waals surface area contributed by atoms with Gasteiger partial charge in [0.05, 0.1) is 12.7 Å². The van der Waals surface area contributed by atoms with Gasteiger partial charge < -0.3 is 5.73 Å². The fourth-order valence-corrected chi connectivity index (χ4v) is 2.74. The molecule has 3 nitrogen and oxygen atoms in total. The Morgan fingerprint density at radius 1 is 1.28 bits per heavy atom. The van der Waals surface area contributed by atoms with Crippen molar-refractivity contribution in [3.8, 4) is 0 Å². The van der Waals surface area contributed by atoms with Crippen LogP contribution in [0.2, 0.25) is 0 Å². The third-order valence-corrected chi connectivity index (χ3v) is 4.20. The van der Waals surface area contributed by atoms with Crippen molar-refractivity contribution in [3.63, 3.8) is 0 Å². The van der Waals surface area contributed by atoms with Crippen LogP contribution in [0, 0.1) is 0 Å². The van der Waals surface area contributed by atoms with E-state index in [-0.39, 0.29) is 0 Å². The van der Waals surface area contributed by atoms with Gasteiger partial charge in [0, 0.05) is 28.2 Å². The molecule has 1 aliphatic carbocycles. The van der Waals surface area contributed by atoms with Crippen molar-refractivity contribution in [1.29, 1.82) is 0 Å². The summed E-state index contributed by atoms with van der Waals surface area (Å²) in [5.74, 6) is 0.675. The standard InChI is InChI=1S/C14H16BrN3/c15-13-4-2-1-3-11(13)9-18-14(10-5-6-10)12(7-16)8-17-18/h1-4,8,10H,5-7,9,16H2. The summed E-state index contributed by atoms with van der Waals surface area (Å²) >= 11 is 3.59. The number of aromatic nitrogens is 2. The fourth-order valence-electron chi connectivity index (χ4n) is 2.33. The number of nitrogens with zero attached hydrogens (tertiary/aromatic N) is 2. The second kappa shape index (κ2) is 4.86. The Morgan fingerprint density at radius 2 is 2.06 bits per heavy atom. The maximum absolute atomic E-state index is 5.79. The van der Waals surface area contributed by atoms with Crippen LogP contribution in [0.4, 0.5) is 0 Å². The Morgan fingerprint density at radius 3 is 2.72 bits per heavy atom. The molecule has 0 spiro atoms. The maximum Gasteiger partial charge on any atom is 0.0673 e. The van der Waals surface area contributed by atoms with Gasteiger partial charge in [0.1, 0.15) is 0 Å². The number of benzene rings is 1. The van der Waals surface area contributed by atoms with Gasteiger partial charge in [0.25, 0.3) is 0 Å². The Balaban J connectivity index is 1.93. The molecule has 1 aromatic carbocycles. The molecule has 0 saturated heterocycles. The highest BCUT2D eigenvalue weighted by Crippen LogP contribution is 2.41. The summed E-state index contributed by atoms with van der Waals surface area (Å²) in [6.45, 7) is 1.40. The van der Waals surface area contributed by atoms with E-state index in [4.69, 9.17) is 5.73 Å². The number of halogens is 1. The van der Waals surface area contributed by atoms with Crippen LogP contribution in [0.1, 0.15) is 35.6 Å². The zero-order valence-corrected chi connectivity index (χ0v) is 11.7. The zero-order valence-electron chi connectivity index (χ0n) is 10.1. The third-order valence-electron chi connectivity index (χ3n) is 3.42. The number of hydrogen-bond acceptors (Lipinski definition) is 2. The summed E-state index contributed by atoms with van der Waals surface area (Å²) in [6, 6.07) is 8.29. The highest BCUT2D eigenvalue weighted by Gasteiger charge is 2.29. The zero-order chi connectivity index (χ0) is 12.5. The molecule has 1 fully saturated rings. The molecule has 4 heteroatoms. The fraction of sp³-hybridized carbons (Fsp3) is 0.357. The van der Waals surface area contributed by atoms with Crippen LogP contribution in [0.5, 0.6) is 0 Å². The lowest BCUT2D eigenvalue weighted by Gasteiger charge is -2.09. The first-order valence-corrected chi connectivity index (χ1v) is 7.07. The molecule has 2 aromatic rings. The van der Waals surface area contributed by atoms with E-state index in [1.807, 2.05) is 12.3 Å². The van der Waals surface area contributed by atoms with E-state index in [2.05, 4.69) is 43.9 Å². The van der Waals surface area contributed by atoms with Gasteiger partial charge in [-0.2, -0.15) is 5.10 Å². The Hall–Kier alpha value is -1.13. The minimum absolute atomic E-state index is 0.585. The van der Waals surface area contributed by atoms with Crippen LogP contribution < -0.4 is 5.73 Å². The Bertz CT molecular complexity index is 558. The van der Waals surface area contributed by atoms with Crippen molar-refractivity contribution in [3.05, 3.63) is 51.8 Å². The number of rotatable bonds is 4. The van der Waals surface area contributed by atoms with Crippen LogP contribution in [-0.4, -0.2) is 9.78 Å². The van der Waals surface area contributed by atoms with E-state index in [1.165, 1.54) is 29.7 Å². The highest BCUT2D eigenvalue weighted by molar-refractivity contribution is 9.10. The first kappa shape index (κ1) is 11.9. The van der Waals surface area contributed by atoms with Crippen LogP contribution in [-0.2, 0) is 13.1 Å². The predicted molar refractivity (Wildman–Crippen MR) is 75.3 cm³/mol. The van der Waals surface area contributed by atoms with Gasteiger partial charge in [-0.05, 0) is 24.5 Å². The molecule has 94 valence electrons. The van der Waals surface area contributed by atoms with E-state index in [1.54, 1.807) is 0 Å². The van der Waals surface area contributed by atoms with Gasteiger partial charge in [-0.25, -0.2) is 0 Å². The summed E-state index contributed by atoms with van der Waals surface area (Å²) in [5.41, 5.74) is 9.59. The van der Waals surface area contributed by atoms with E-state index >= 15 is 0 Å². The van der Waals surface area contributed by atoms with Gasteiger partial charge in [-0.3, -0.25) is 4.68 Å². The molecule has 3 rings (SSSR count). The van der Waals surface area contributed by atoms with Crippen LogP contribution in [0.25, 0.3) is 0 Å². The van der Waals surface area contributed by atoms with Crippen LogP contribution in [0.15, 0.2) is 34.9 Å². The molecule has 1 aromatic heterocycles. The molecular weight excluding hydrogens is 290 g/mol. The van der Waals surface area contributed by atoms with Crippen molar-refractivity contribution in [2.45, 2.75) is 31.8 Å². The SMILES string of the molecule is NCc1cnn(Cc2ccccc2Br)c1C1CC1. The van der Waals surface area contributed by atoms with Crippen LogP contribution in [0.3, 0.4) is 0 Å². The van der Waals surface area contributed by atoms with Crippen LogP contribution >= 0.6 is 15.9 Å². The van der Waals surface area contributed by atoms with E-state index in [9.17, 15) is 0 Å². The van der Waals surface area contributed by atoms with E-state index in [0.29, 0.717) is 12.5 Å². The molecular formula is C14H16BrN3. The van der Waals surface area contributed by atoms with Crippen molar-refractivity contribution in [2.75, 3.05) is 0 Å². The third kappa shape index (κ3) is 2.22. The second-order valence-electron chi connectivity index (χ2n) is 4.78. The molecule has 1 saturated carbocycles. The first-order valence-electron chi connectivity index (χ1n) is 6.27. The van der Waals surface area contributed by atoms with Crippen molar-refractivity contribution >= 4 is 15.9 Å². The molecule has 0 bridgehead atoms. The largest absolute Gasteiger partial charge is 0.326 e. The Labute approximate surface area is 115 Å².